The molecule has 0 saturated carbocycles. The molecule has 1 amide bonds. The van der Waals surface area contributed by atoms with Gasteiger partial charge >= 0.3 is 0 Å². The molecule has 0 spiro atoms. The Hall–Kier alpha value is -2.56. The quantitative estimate of drug-likeness (QED) is 0.809. The minimum Gasteiger partial charge on any atom is -0.371 e. The van der Waals surface area contributed by atoms with Gasteiger partial charge in [0.15, 0.2) is 0 Å². The van der Waals surface area contributed by atoms with Crippen molar-refractivity contribution in [2.75, 3.05) is 36.0 Å². The summed E-state index contributed by atoms with van der Waals surface area (Å²) >= 11 is 0. The molecule has 2 aromatic rings. The van der Waals surface area contributed by atoms with Crippen LogP contribution < -0.4 is 15.1 Å². The first-order chi connectivity index (χ1) is 13.0. The summed E-state index contributed by atoms with van der Waals surface area (Å²) in [6.45, 7) is 7.03. The van der Waals surface area contributed by atoms with Crippen molar-refractivity contribution in [3.05, 3.63) is 60.4 Å². The predicted octanol–water partition coefficient (Wildman–Crippen LogP) is 3.68. The molecule has 1 heterocycles. The Kier molecular flexibility index (Phi) is 6.32. The van der Waals surface area contributed by atoms with Crippen LogP contribution in [-0.4, -0.2) is 38.1 Å². The van der Waals surface area contributed by atoms with Crippen LogP contribution in [0.2, 0.25) is 0 Å². The van der Waals surface area contributed by atoms with Crippen molar-refractivity contribution in [3.8, 4) is 0 Å². The maximum Gasteiger partial charge on any atom is 0.239 e. The number of halogens is 1. The summed E-state index contributed by atoms with van der Waals surface area (Å²) in [7, 11) is 0. The molecule has 1 fully saturated rings. The first-order valence-corrected chi connectivity index (χ1v) is 9.62. The van der Waals surface area contributed by atoms with Gasteiger partial charge in [0.25, 0.3) is 0 Å². The standard InChI is InChI=1S/C22H28FN3O/c1-17(2)26(21-10-8-19(23)9-11-21)16-22(27)24-14-18-12-13-25(15-18)20-6-4-3-5-7-20/h3-11,17-18H,12-16H2,1-2H3,(H,24,27). The number of hydrogen-bond donors (Lipinski definition) is 1. The fraction of sp³-hybridized carbons (Fsp3) is 0.409. The van der Waals surface area contributed by atoms with Crippen molar-refractivity contribution in [2.45, 2.75) is 26.3 Å². The highest BCUT2D eigenvalue weighted by atomic mass is 19.1. The average molecular weight is 369 g/mol. The number of nitrogens with zero attached hydrogens (tertiary/aromatic N) is 2. The monoisotopic (exact) mass is 369 g/mol. The summed E-state index contributed by atoms with van der Waals surface area (Å²) < 4.78 is 13.2. The normalized spacial score (nSPS) is 16.6. The zero-order chi connectivity index (χ0) is 19.2. The van der Waals surface area contributed by atoms with E-state index in [1.807, 2.05) is 24.8 Å². The van der Waals surface area contributed by atoms with Gasteiger partial charge in [-0.25, -0.2) is 4.39 Å². The summed E-state index contributed by atoms with van der Waals surface area (Å²) in [5.74, 6) is 0.203. The number of amides is 1. The van der Waals surface area contributed by atoms with Gasteiger partial charge in [-0.2, -0.15) is 0 Å². The van der Waals surface area contributed by atoms with Crippen molar-refractivity contribution in [1.82, 2.24) is 5.32 Å². The highest BCUT2D eigenvalue weighted by Crippen LogP contribution is 2.23. The van der Waals surface area contributed by atoms with Crippen LogP contribution in [0.5, 0.6) is 0 Å². The lowest BCUT2D eigenvalue weighted by Crippen LogP contribution is -2.42. The summed E-state index contributed by atoms with van der Waals surface area (Å²) in [5.41, 5.74) is 2.10. The molecule has 2 aromatic carbocycles. The van der Waals surface area contributed by atoms with Crippen LogP contribution in [0.1, 0.15) is 20.3 Å². The van der Waals surface area contributed by atoms with E-state index in [0.717, 1.165) is 25.2 Å². The Bertz CT molecular complexity index is 733. The molecule has 1 unspecified atom stereocenters. The second kappa shape index (κ2) is 8.89. The summed E-state index contributed by atoms with van der Waals surface area (Å²) in [6, 6.07) is 16.8. The second-order valence-corrected chi connectivity index (χ2v) is 7.44. The van der Waals surface area contributed by atoms with Crippen molar-refractivity contribution >= 4 is 17.3 Å². The topological polar surface area (TPSA) is 35.6 Å². The van der Waals surface area contributed by atoms with Gasteiger partial charge in [0.2, 0.25) is 5.91 Å². The fourth-order valence-electron chi connectivity index (χ4n) is 3.55. The van der Waals surface area contributed by atoms with E-state index in [4.69, 9.17) is 0 Å². The number of benzene rings is 2. The Morgan fingerprint density at radius 2 is 1.89 bits per heavy atom. The lowest BCUT2D eigenvalue weighted by Gasteiger charge is -2.28. The zero-order valence-corrected chi connectivity index (χ0v) is 16.1. The van der Waals surface area contributed by atoms with Crippen LogP contribution in [0.25, 0.3) is 0 Å². The molecule has 4 nitrogen and oxygen atoms in total. The molecule has 1 aliphatic heterocycles. The molecule has 0 aromatic heterocycles. The Morgan fingerprint density at radius 1 is 1.19 bits per heavy atom. The molecule has 5 heteroatoms. The van der Waals surface area contributed by atoms with Crippen LogP contribution in [0.3, 0.4) is 0 Å². The van der Waals surface area contributed by atoms with Crippen LogP contribution in [0, 0.1) is 11.7 Å². The predicted molar refractivity (Wildman–Crippen MR) is 109 cm³/mol. The molecule has 1 aliphatic rings. The van der Waals surface area contributed by atoms with Gasteiger partial charge in [0.05, 0.1) is 6.54 Å². The third-order valence-electron chi connectivity index (χ3n) is 5.09. The largest absolute Gasteiger partial charge is 0.371 e. The molecule has 1 saturated heterocycles. The van der Waals surface area contributed by atoms with Crippen molar-refractivity contribution < 1.29 is 9.18 Å². The number of nitrogens with one attached hydrogen (secondary N) is 1. The summed E-state index contributed by atoms with van der Waals surface area (Å²) in [4.78, 5) is 16.8. The molecule has 3 rings (SSSR count). The molecule has 144 valence electrons. The molecule has 0 radical (unpaired) electrons. The second-order valence-electron chi connectivity index (χ2n) is 7.44. The van der Waals surface area contributed by atoms with Crippen LogP contribution in [-0.2, 0) is 4.79 Å². The fourth-order valence-corrected chi connectivity index (χ4v) is 3.55. The number of rotatable bonds is 7. The third-order valence-corrected chi connectivity index (χ3v) is 5.09. The molecular weight excluding hydrogens is 341 g/mol. The SMILES string of the molecule is CC(C)N(CC(=O)NCC1CCN(c2ccccc2)C1)c1ccc(F)cc1. The molecule has 27 heavy (non-hydrogen) atoms. The molecule has 1 N–H and O–H groups in total. The van der Waals surface area contributed by atoms with Crippen molar-refractivity contribution in [3.63, 3.8) is 0 Å². The van der Waals surface area contributed by atoms with E-state index in [2.05, 4.69) is 34.5 Å². The molecule has 0 aliphatic carbocycles. The third kappa shape index (κ3) is 5.22. The number of hydrogen-bond acceptors (Lipinski definition) is 3. The minimum atomic E-state index is -0.267. The molecule has 0 bridgehead atoms. The van der Waals surface area contributed by atoms with Crippen molar-refractivity contribution in [2.24, 2.45) is 5.92 Å². The van der Waals surface area contributed by atoms with E-state index in [9.17, 15) is 9.18 Å². The Balaban J connectivity index is 1.49. The van der Waals surface area contributed by atoms with E-state index in [1.165, 1.54) is 17.8 Å². The molecular formula is C22H28FN3O. The van der Waals surface area contributed by atoms with Gasteiger partial charge in [0, 0.05) is 37.1 Å². The lowest BCUT2D eigenvalue weighted by atomic mass is 10.1. The first-order valence-electron chi connectivity index (χ1n) is 9.62. The maximum absolute atomic E-state index is 13.2. The van der Waals surface area contributed by atoms with Crippen LogP contribution >= 0.6 is 0 Å². The van der Waals surface area contributed by atoms with E-state index in [-0.39, 0.29) is 24.3 Å². The zero-order valence-electron chi connectivity index (χ0n) is 16.1. The van der Waals surface area contributed by atoms with Gasteiger partial charge in [-0.05, 0) is 62.6 Å². The van der Waals surface area contributed by atoms with Gasteiger partial charge in [-0.15, -0.1) is 0 Å². The number of anilines is 2. The molecule has 1 atom stereocenters. The number of carbonyl (C=O) groups excluding carboxylic acids is 1. The van der Waals surface area contributed by atoms with Gasteiger partial charge in [-0.3, -0.25) is 4.79 Å². The number of carbonyl (C=O) groups is 1. The van der Waals surface area contributed by atoms with Gasteiger partial charge in [-0.1, -0.05) is 18.2 Å². The van der Waals surface area contributed by atoms with Gasteiger partial charge < -0.3 is 15.1 Å². The van der Waals surface area contributed by atoms with E-state index >= 15 is 0 Å². The maximum atomic E-state index is 13.2. The highest BCUT2D eigenvalue weighted by Gasteiger charge is 2.23. The minimum absolute atomic E-state index is 0.00573. The van der Waals surface area contributed by atoms with Gasteiger partial charge in [0.1, 0.15) is 5.82 Å². The average Bonchev–Trinajstić information content (AvgIpc) is 3.15. The highest BCUT2D eigenvalue weighted by molar-refractivity contribution is 5.81. The smallest absolute Gasteiger partial charge is 0.239 e. The van der Waals surface area contributed by atoms with Crippen LogP contribution in [0.15, 0.2) is 54.6 Å². The number of para-hydroxylation sites is 1. The van der Waals surface area contributed by atoms with E-state index < -0.39 is 0 Å². The van der Waals surface area contributed by atoms with E-state index in [0.29, 0.717) is 12.5 Å². The Morgan fingerprint density at radius 3 is 2.56 bits per heavy atom. The lowest BCUT2D eigenvalue weighted by molar-refractivity contribution is -0.120. The Labute approximate surface area is 161 Å². The summed E-state index contributed by atoms with van der Waals surface area (Å²) in [5, 5.41) is 3.08. The first kappa shape index (κ1) is 19.2. The van der Waals surface area contributed by atoms with Crippen LogP contribution in [0.4, 0.5) is 15.8 Å². The van der Waals surface area contributed by atoms with E-state index in [1.54, 1.807) is 12.1 Å². The summed E-state index contributed by atoms with van der Waals surface area (Å²) in [6.07, 6.45) is 1.08. The van der Waals surface area contributed by atoms with Crippen molar-refractivity contribution in [1.29, 1.82) is 0 Å².